The summed E-state index contributed by atoms with van der Waals surface area (Å²) in [7, 11) is 0. The van der Waals surface area contributed by atoms with E-state index in [4.69, 9.17) is 4.74 Å². The van der Waals surface area contributed by atoms with Gasteiger partial charge in [-0.25, -0.2) is 0 Å². The van der Waals surface area contributed by atoms with E-state index in [1.165, 1.54) is 17.3 Å². The van der Waals surface area contributed by atoms with Crippen LogP contribution in [0.2, 0.25) is 0 Å². The number of ether oxygens (including phenoxy) is 1. The number of thioether (sulfide) groups is 1. The minimum absolute atomic E-state index is 0.374. The fraction of sp³-hybridized carbons (Fsp3) is 0.190. The third kappa shape index (κ3) is 3.91. The second-order valence-corrected chi connectivity index (χ2v) is 8.18. The molecule has 0 fully saturated rings. The van der Waals surface area contributed by atoms with Crippen molar-refractivity contribution in [2.75, 3.05) is 11.1 Å². The third-order valence-electron chi connectivity index (χ3n) is 4.41. The van der Waals surface area contributed by atoms with Crippen LogP contribution in [0, 0.1) is 0 Å². The second kappa shape index (κ2) is 8.32. The van der Waals surface area contributed by atoms with Crippen LogP contribution >= 0.6 is 27.7 Å². The maximum absolute atomic E-state index is 6.28. The Kier molecular flexibility index (Phi) is 5.64. The van der Waals surface area contributed by atoms with Crippen molar-refractivity contribution >= 4 is 33.4 Å². The second-order valence-electron chi connectivity index (χ2n) is 6.28. The van der Waals surface area contributed by atoms with E-state index in [1.807, 2.05) is 24.3 Å². The lowest BCUT2D eigenvalue weighted by Crippen LogP contribution is -2.17. The monoisotopic (exact) mass is 454 g/mol. The van der Waals surface area contributed by atoms with E-state index in [2.05, 4.69) is 74.2 Å². The Morgan fingerprint density at radius 2 is 2.04 bits per heavy atom. The fourth-order valence-electron chi connectivity index (χ4n) is 2.94. The van der Waals surface area contributed by atoms with Crippen LogP contribution in [0.5, 0.6) is 5.88 Å². The summed E-state index contributed by atoms with van der Waals surface area (Å²) in [5.41, 5.74) is 4.76. The summed E-state index contributed by atoms with van der Waals surface area (Å²) < 4.78 is 7.24. The molecular weight excluding hydrogens is 436 g/mol. The summed E-state index contributed by atoms with van der Waals surface area (Å²) in [6.07, 6.45) is 2.44. The molecule has 0 saturated heterocycles. The fourth-order valence-corrected chi connectivity index (χ4v) is 3.82. The molecule has 0 spiro atoms. The lowest BCUT2D eigenvalue weighted by Gasteiger charge is -2.19. The van der Waals surface area contributed by atoms with Crippen molar-refractivity contribution in [2.45, 2.75) is 24.7 Å². The lowest BCUT2D eigenvalue weighted by molar-refractivity contribution is 0.225. The first-order valence-corrected chi connectivity index (χ1v) is 10.8. The van der Waals surface area contributed by atoms with Crippen LogP contribution in [0.3, 0.4) is 0 Å². The molecule has 0 saturated carbocycles. The third-order valence-corrected chi connectivity index (χ3v) is 5.74. The molecule has 2 heterocycles. The number of nitrogens with one attached hydrogen (secondary N) is 1. The Balaban J connectivity index is 1.79. The van der Waals surface area contributed by atoms with Gasteiger partial charge < -0.3 is 10.1 Å². The Morgan fingerprint density at radius 1 is 1.21 bits per heavy atom. The number of hydrogen-bond donors (Lipinski definition) is 1. The SMILES string of the molecule is C=CCSc1nnc2c(n1)O[C@@H](c1ccc(CC)cc1)Nc1ccc(Br)cc1-2. The summed E-state index contributed by atoms with van der Waals surface area (Å²) in [5.74, 6) is 1.18. The van der Waals surface area contributed by atoms with E-state index in [0.717, 1.165) is 27.7 Å². The van der Waals surface area contributed by atoms with Crippen molar-refractivity contribution in [1.82, 2.24) is 15.2 Å². The smallest absolute Gasteiger partial charge is 0.247 e. The molecule has 0 unspecified atom stereocenters. The highest BCUT2D eigenvalue weighted by Gasteiger charge is 2.26. The normalized spacial score (nSPS) is 14.9. The number of fused-ring (bicyclic) bond motifs is 3. The maximum Gasteiger partial charge on any atom is 0.247 e. The molecule has 1 atom stereocenters. The van der Waals surface area contributed by atoms with E-state index >= 15 is 0 Å². The molecule has 2 aromatic carbocycles. The first kappa shape index (κ1) is 19.0. The van der Waals surface area contributed by atoms with Gasteiger partial charge in [-0.2, -0.15) is 4.98 Å². The van der Waals surface area contributed by atoms with Crippen LogP contribution in [0.4, 0.5) is 5.69 Å². The molecule has 1 aromatic heterocycles. The van der Waals surface area contributed by atoms with Gasteiger partial charge in [-0.1, -0.05) is 65.0 Å². The number of aromatic nitrogens is 3. The van der Waals surface area contributed by atoms with E-state index in [0.29, 0.717) is 22.5 Å². The first-order valence-electron chi connectivity index (χ1n) is 8.98. The van der Waals surface area contributed by atoms with Crippen molar-refractivity contribution in [1.29, 1.82) is 0 Å². The van der Waals surface area contributed by atoms with Gasteiger partial charge in [0.15, 0.2) is 11.9 Å². The Hall–Kier alpha value is -2.38. The highest BCUT2D eigenvalue weighted by molar-refractivity contribution is 9.10. The van der Waals surface area contributed by atoms with Gasteiger partial charge in [-0.05, 0) is 30.2 Å². The first-order chi connectivity index (χ1) is 13.7. The number of anilines is 1. The average Bonchev–Trinajstić information content (AvgIpc) is 2.88. The van der Waals surface area contributed by atoms with Crippen molar-refractivity contribution in [2.24, 2.45) is 0 Å². The summed E-state index contributed by atoms with van der Waals surface area (Å²) in [6, 6.07) is 14.4. The van der Waals surface area contributed by atoms with E-state index in [1.54, 1.807) is 0 Å². The molecule has 5 nitrogen and oxygen atoms in total. The standard InChI is InChI=1S/C21H19BrN4OS/c1-3-11-28-21-24-20-18(25-26-21)16-12-15(22)9-10-17(16)23-19(27-20)14-7-5-13(4-2)6-8-14/h3,5-10,12,19,23H,1,4,11H2,2H3/t19-/m0/s1. The van der Waals surface area contributed by atoms with Gasteiger partial charge in [0.05, 0.1) is 0 Å². The highest BCUT2D eigenvalue weighted by atomic mass is 79.9. The van der Waals surface area contributed by atoms with Crippen LogP contribution in [0.15, 0.2) is 64.7 Å². The molecule has 7 heteroatoms. The van der Waals surface area contributed by atoms with Gasteiger partial charge in [0, 0.05) is 27.0 Å². The number of benzene rings is 2. The number of halogens is 1. The van der Waals surface area contributed by atoms with Gasteiger partial charge in [0.2, 0.25) is 11.0 Å². The number of rotatable bonds is 5. The van der Waals surface area contributed by atoms with Gasteiger partial charge >= 0.3 is 0 Å². The molecular formula is C21H19BrN4OS. The largest absolute Gasteiger partial charge is 0.448 e. The summed E-state index contributed by atoms with van der Waals surface area (Å²) in [6.45, 7) is 5.88. The molecule has 1 aliphatic heterocycles. The number of aryl methyl sites for hydroxylation is 1. The van der Waals surface area contributed by atoms with E-state index in [9.17, 15) is 0 Å². The highest BCUT2D eigenvalue weighted by Crippen LogP contribution is 2.40. The van der Waals surface area contributed by atoms with Gasteiger partial charge in [0.1, 0.15) is 0 Å². The molecule has 0 aliphatic carbocycles. The van der Waals surface area contributed by atoms with E-state index in [-0.39, 0.29) is 6.23 Å². The van der Waals surface area contributed by atoms with Crippen LogP contribution in [-0.4, -0.2) is 20.9 Å². The molecule has 3 aromatic rings. The van der Waals surface area contributed by atoms with Crippen LogP contribution in [-0.2, 0) is 6.42 Å². The number of hydrogen-bond acceptors (Lipinski definition) is 6. The Morgan fingerprint density at radius 3 is 2.79 bits per heavy atom. The van der Waals surface area contributed by atoms with Crippen molar-refractivity contribution in [3.05, 3.63) is 70.7 Å². The van der Waals surface area contributed by atoms with Gasteiger partial charge in [-0.3, -0.25) is 0 Å². The summed E-state index contributed by atoms with van der Waals surface area (Å²) in [5, 5.41) is 12.7. The van der Waals surface area contributed by atoms with E-state index < -0.39 is 0 Å². The van der Waals surface area contributed by atoms with Crippen LogP contribution < -0.4 is 10.1 Å². The molecule has 0 bridgehead atoms. The van der Waals surface area contributed by atoms with Crippen LogP contribution in [0.25, 0.3) is 11.3 Å². The topological polar surface area (TPSA) is 59.9 Å². The minimum atomic E-state index is -0.374. The maximum atomic E-state index is 6.28. The zero-order chi connectivity index (χ0) is 19.5. The van der Waals surface area contributed by atoms with Gasteiger partial charge in [0.25, 0.3) is 0 Å². The van der Waals surface area contributed by atoms with Crippen molar-refractivity contribution in [3.8, 4) is 17.1 Å². The number of nitrogens with zero attached hydrogens (tertiary/aromatic N) is 3. The molecule has 142 valence electrons. The molecule has 4 rings (SSSR count). The average molecular weight is 455 g/mol. The van der Waals surface area contributed by atoms with Gasteiger partial charge in [-0.15, -0.1) is 16.8 Å². The molecule has 0 radical (unpaired) electrons. The predicted octanol–water partition coefficient (Wildman–Crippen LogP) is 5.64. The Bertz CT molecular complexity index is 1010. The zero-order valence-electron chi connectivity index (χ0n) is 15.4. The zero-order valence-corrected chi connectivity index (χ0v) is 17.8. The molecule has 28 heavy (non-hydrogen) atoms. The van der Waals surface area contributed by atoms with Crippen LogP contribution in [0.1, 0.15) is 24.3 Å². The summed E-state index contributed by atoms with van der Waals surface area (Å²) in [4.78, 5) is 4.61. The lowest BCUT2D eigenvalue weighted by atomic mass is 10.1. The van der Waals surface area contributed by atoms with Crippen molar-refractivity contribution < 1.29 is 4.74 Å². The summed E-state index contributed by atoms with van der Waals surface area (Å²) >= 11 is 5.01. The Labute approximate surface area is 176 Å². The minimum Gasteiger partial charge on any atom is -0.448 e. The predicted molar refractivity (Wildman–Crippen MR) is 117 cm³/mol. The van der Waals surface area contributed by atoms with Crippen molar-refractivity contribution in [3.63, 3.8) is 0 Å². The quantitative estimate of drug-likeness (QED) is 0.397. The molecule has 0 amide bonds. The molecule has 1 N–H and O–H groups in total. The molecule has 1 aliphatic rings.